The number of ether oxygens (including phenoxy) is 1. The first-order valence-electron chi connectivity index (χ1n) is 15.4. The molecule has 3 N–H and O–H groups in total. The quantitative estimate of drug-likeness (QED) is 0.404. The summed E-state index contributed by atoms with van der Waals surface area (Å²) in [4.78, 5) is 29.6. The fraction of sp³-hybridized carbons (Fsp3) is 0.529. The van der Waals surface area contributed by atoms with Crippen molar-refractivity contribution in [2.24, 2.45) is 11.8 Å². The Morgan fingerprint density at radius 2 is 1.98 bits per heavy atom. The zero-order chi connectivity index (χ0) is 30.5. The number of rotatable bonds is 1. The number of aryl methyl sites for hydroxylation is 1. The minimum absolute atomic E-state index is 0.0963. The van der Waals surface area contributed by atoms with Crippen molar-refractivity contribution in [2.75, 3.05) is 31.6 Å². The van der Waals surface area contributed by atoms with Crippen molar-refractivity contribution in [1.29, 1.82) is 0 Å². The van der Waals surface area contributed by atoms with Gasteiger partial charge in [0.25, 0.3) is 0 Å². The van der Waals surface area contributed by atoms with Crippen LogP contribution in [-0.2, 0) is 27.0 Å². The van der Waals surface area contributed by atoms with Crippen molar-refractivity contribution in [2.45, 2.75) is 75.0 Å². The molecule has 2 heterocycles. The molecule has 1 fully saturated rings. The van der Waals surface area contributed by atoms with Gasteiger partial charge in [-0.3, -0.25) is 4.79 Å². The van der Waals surface area contributed by atoms with E-state index in [2.05, 4.69) is 17.0 Å². The molecular weight excluding hydrogens is 568 g/mol. The number of anilines is 1. The Hall–Kier alpha value is -3.07. The SMILES string of the molecule is C[C@H]1C/C=C\[C@H](O)[C@@H]2CC[C@H]2CN2C[C@@]3(CCCc4cc(Cl)ccc43)COc3ccc(cc32)[C@@](O)(C(=O)O)CC(=O)N1C. The molecule has 0 radical (unpaired) electrons. The van der Waals surface area contributed by atoms with Crippen LogP contribution in [0.25, 0.3) is 0 Å². The van der Waals surface area contributed by atoms with E-state index in [-0.39, 0.29) is 28.9 Å². The summed E-state index contributed by atoms with van der Waals surface area (Å²) in [5.41, 5.74) is 0.571. The van der Waals surface area contributed by atoms with E-state index in [0.717, 1.165) is 32.1 Å². The number of nitrogens with zero attached hydrogens (tertiary/aromatic N) is 2. The molecule has 6 rings (SSSR count). The van der Waals surface area contributed by atoms with Crippen LogP contribution in [0, 0.1) is 11.8 Å². The summed E-state index contributed by atoms with van der Waals surface area (Å²) < 4.78 is 6.54. The number of halogens is 1. The number of aliphatic hydroxyl groups is 2. The molecule has 1 saturated carbocycles. The average molecular weight is 609 g/mol. The van der Waals surface area contributed by atoms with Crippen molar-refractivity contribution in [3.05, 3.63) is 70.3 Å². The molecule has 0 saturated heterocycles. The zero-order valence-corrected chi connectivity index (χ0v) is 25.6. The van der Waals surface area contributed by atoms with Gasteiger partial charge in [0.2, 0.25) is 5.91 Å². The predicted molar refractivity (Wildman–Crippen MR) is 165 cm³/mol. The highest BCUT2D eigenvalue weighted by Crippen LogP contribution is 2.47. The summed E-state index contributed by atoms with van der Waals surface area (Å²) in [6.07, 6.45) is 7.84. The second-order valence-electron chi connectivity index (χ2n) is 13.1. The van der Waals surface area contributed by atoms with Crippen LogP contribution >= 0.6 is 11.6 Å². The molecule has 9 heteroatoms. The molecular formula is C34H41ClN2O6. The summed E-state index contributed by atoms with van der Waals surface area (Å²) >= 11 is 6.39. The number of carboxylic acid groups (broad SMARTS) is 1. The Balaban J connectivity index is 1.46. The first-order chi connectivity index (χ1) is 20.5. The molecule has 2 aliphatic carbocycles. The number of carboxylic acids is 1. The topological polar surface area (TPSA) is 111 Å². The van der Waals surface area contributed by atoms with Crippen molar-refractivity contribution < 1.29 is 29.6 Å². The number of carbonyl (C=O) groups excluding carboxylic acids is 1. The van der Waals surface area contributed by atoms with Crippen molar-refractivity contribution in [3.63, 3.8) is 0 Å². The fourth-order valence-corrected chi connectivity index (χ4v) is 7.73. The van der Waals surface area contributed by atoms with Crippen LogP contribution in [0.5, 0.6) is 5.75 Å². The first-order valence-corrected chi connectivity index (χ1v) is 15.8. The van der Waals surface area contributed by atoms with Gasteiger partial charge in [0, 0.05) is 36.6 Å². The summed E-state index contributed by atoms with van der Waals surface area (Å²) in [5.74, 6) is -1.01. The number of benzene rings is 2. The Morgan fingerprint density at radius 3 is 2.72 bits per heavy atom. The van der Waals surface area contributed by atoms with E-state index in [1.807, 2.05) is 25.1 Å². The van der Waals surface area contributed by atoms with Gasteiger partial charge < -0.3 is 29.9 Å². The number of aliphatic hydroxyl groups excluding tert-OH is 1. The second-order valence-corrected chi connectivity index (χ2v) is 13.6. The first kappa shape index (κ1) is 30.0. The monoisotopic (exact) mass is 608 g/mol. The highest BCUT2D eigenvalue weighted by molar-refractivity contribution is 6.30. The van der Waals surface area contributed by atoms with Crippen LogP contribution in [0.4, 0.5) is 5.69 Å². The summed E-state index contributed by atoms with van der Waals surface area (Å²) in [6, 6.07) is 10.9. The summed E-state index contributed by atoms with van der Waals surface area (Å²) in [7, 11) is 1.62. The normalized spacial score (nSPS) is 33.5. The maximum Gasteiger partial charge on any atom is 0.340 e. The molecule has 230 valence electrons. The highest BCUT2D eigenvalue weighted by Gasteiger charge is 2.46. The predicted octanol–water partition coefficient (Wildman–Crippen LogP) is 4.67. The van der Waals surface area contributed by atoms with Crippen LogP contribution in [0.1, 0.15) is 62.1 Å². The number of amides is 1. The van der Waals surface area contributed by atoms with Gasteiger partial charge in [-0.1, -0.05) is 35.9 Å². The molecule has 2 aliphatic heterocycles. The molecule has 2 aromatic carbocycles. The fourth-order valence-electron chi connectivity index (χ4n) is 7.53. The van der Waals surface area contributed by atoms with E-state index >= 15 is 0 Å². The van der Waals surface area contributed by atoms with E-state index in [0.29, 0.717) is 42.6 Å². The van der Waals surface area contributed by atoms with E-state index in [1.54, 1.807) is 25.2 Å². The number of hydrogen-bond donors (Lipinski definition) is 3. The van der Waals surface area contributed by atoms with E-state index in [9.17, 15) is 24.9 Å². The van der Waals surface area contributed by atoms with Gasteiger partial charge in [-0.25, -0.2) is 4.79 Å². The molecule has 43 heavy (non-hydrogen) atoms. The lowest BCUT2D eigenvalue weighted by Gasteiger charge is -2.45. The lowest BCUT2D eigenvalue weighted by atomic mass is 9.68. The number of aliphatic carboxylic acids is 1. The number of carbonyl (C=O) groups is 2. The molecule has 0 aromatic heterocycles. The third-order valence-electron chi connectivity index (χ3n) is 10.5. The van der Waals surface area contributed by atoms with E-state index in [4.69, 9.17) is 16.3 Å². The van der Waals surface area contributed by atoms with Crippen LogP contribution in [0.15, 0.2) is 48.6 Å². The zero-order valence-electron chi connectivity index (χ0n) is 24.8. The smallest absolute Gasteiger partial charge is 0.340 e. The second kappa shape index (κ2) is 11.5. The highest BCUT2D eigenvalue weighted by atomic mass is 35.5. The third kappa shape index (κ3) is 5.42. The molecule has 6 atom stereocenters. The molecule has 4 aliphatic rings. The summed E-state index contributed by atoms with van der Waals surface area (Å²) in [5, 5.41) is 33.7. The Labute approximate surface area is 257 Å². The molecule has 0 unspecified atom stereocenters. The minimum Gasteiger partial charge on any atom is -0.490 e. The van der Waals surface area contributed by atoms with Crippen LogP contribution < -0.4 is 9.64 Å². The van der Waals surface area contributed by atoms with Crippen molar-refractivity contribution in [1.82, 2.24) is 4.90 Å². The standard InChI is InChI=1S/C34H41ClN2O6/c1-21-5-3-7-29(38)26-11-8-23(26)18-37-19-33(14-4-6-22-15-25(35)10-12-27(22)33)20-43-30-13-9-24(16-28(30)37)34(42,32(40)41)17-31(39)36(21)2/h3,7,9-10,12-13,15-16,21,23,26,29,38,42H,4-6,8,11,14,17-20H2,1-2H3,(H,40,41)/b7-3-/t21-,23-,26+,29-,33-,34+/m0/s1. The maximum absolute atomic E-state index is 13.3. The van der Waals surface area contributed by atoms with Crippen LogP contribution in [-0.4, -0.2) is 71.0 Å². The van der Waals surface area contributed by atoms with Gasteiger partial charge in [-0.15, -0.1) is 0 Å². The molecule has 8 nitrogen and oxygen atoms in total. The Bertz CT molecular complexity index is 1450. The molecule has 1 spiro atoms. The van der Waals surface area contributed by atoms with Gasteiger partial charge in [0.1, 0.15) is 5.75 Å². The van der Waals surface area contributed by atoms with Crippen LogP contribution in [0.2, 0.25) is 5.02 Å². The van der Waals surface area contributed by atoms with Gasteiger partial charge in [-0.05, 0) is 98.2 Å². The van der Waals surface area contributed by atoms with Gasteiger partial charge in [-0.2, -0.15) is 0 Å². The van der Waals surface area contributed by atoms with Gasteiger partial charge >= 0.3 is 5.97 Å². The lowest BCUT2D eigenvalue weighted by Crippen LogP contribution is -2.49. The molecule has 1 amide bonds. The summed E-state index contributed by atoms with van der Waals surface area (Å²) in [6.45, 7) is 3.62. The number of fused-ring (bicyclic) bond motifs is 4. The Morgan fingerprint density at radius 1 is 1.16 bits per heavy atom. The number of hydrogen-bond acceptors (Lipinski definition) is 6. The van der Waals surface area contributed by atoms with Crippen LogP contribution in [0.3, 0.4) is 0 Å². The van der Waals surface area contributed by atoms with Gasteiger partial charge in [0.05, 0.1) is 24.8 Å². The Kier molecular flexibility index (Phi) is 7.98. The lowest BCUT2D eigenvalue weighted by molar-refractivity contribution is -0.165. The minimum atomic E-state index is -2.41. The van der Waals surface area contributed by atoms with E-state index in [1.165, 1.54) is 16.0 Å². The average Bonchev–Trinajstić information content (AvgIpc) is 3.11. The molecule has 2 bridgehead atoms. The maximum atomic E-state index is 13.3. The van der Waals surface area contributed by atoms with Gasteiger partial charge in [0.15, 0.2) is 5.60 Å². The van der Waals surface area contributed by atoms with Crippen molar-refractivity contribution >= 4 is 29.2 Å². The third-order valence-corrected chi connectivity index (χ3v) is 10.7. The van der Waals surface area contributed by atoms with Crippen molar-refractivity contribution in [3.8, 4) is 5.75 Å². The largest absolute Gasteiger partial charge is 0.490 e. The molecule has 2 aromatic rings. The van der Waals surface area contributed by atoms with E-state index < -0.39 is 30.0 Å².